The third kappa shape index (κ3) is 15.7. The Hall–Kier alpha value is -0.0900. The maximum absolute atomic E-state index is 9.08. The zero-order chi connectivity index (χ0) is 8.20. The van der Waals surface area contributed by atoms with E-state index >= 15 is 0 Å². The van der Waals surface area contributed by atoms with Gasteiger partial charge in [0.2, 0.25) is 0 Å². The molecule has 1 saturated carbocycles. The Labute approximate surface area is 62.2 Å². The molecule has 0 amide bonds. The molecule has 0 saturated heterocycles. The van der Waals surface area contributed by atoms with Crippen molar-refractivity contribution in [1.29, 1.82) is 0 Å². The maximum atomic E-state index is 9.08. The van der Waals surface area contributed by atoms with Crippen LogP contribution in [0.1, 0.15) is 26.2 Å². The van der Waals surface area contributed by atoms with Crippen molar-refractivity contribution < 1.29 is 13.0 Å². The zero-order valence-corrected chi connectivity index (χ0v) is 7.15. The molecule has 10 heavy (non-hydrogen) atoms. The first-order chi connectivity index (χ1) is 4.43. The van der Waals surface area contributed by atoms with Gasteiger partial charge in [-0.1, -0.05) is 26.2 Å². The van der Waals surface area contributed by atoms with Crippen molar-refractivity contribution in [2.24, 2.45) is 5.92 Å². The average molecular weight is 165 g/mol. The van der Waals surface area contributed by atoms with Gasteiger partial charge in [0.15, 0.2) is 0 Å². The third-order valence-corrected chi connectivity index (χ3v) is 1.27. The molecule has 4 heteroatoms. The lowest BCUT2D eigenvalue weighted by Gasteiger charge is -1.90. The maximum Gasteiger partial charge on any atom is 0.0916 e. The molecule has 0 N–H and O–H groups in total. The van der Waals surface area contributed by atoms with E-state index in [4.69, 9.17) is 13.0 Å². The summed E-state index contributed by atoms with van der Waals surface area (Å²) in [6, 6.07) is 0. The van der Waals surface area contributed by atoms with Gasteiger partial charge in [-0.25, -0.2) is 8.42 Å². The Balaban J connectivity index is 0.000000162. The molecule has 0 bridgehead atoms. The van der Waals surface area contributed by atoms with Crippen LogP contribution in [0.2, 0.25) is 0 Å². The fraction of sp³-hybridized carbons (Fsp3) is 1.00. The van der Waals surface area contributed by atoms with E-state index in [9.17, 15) is 0 Å². The van der Waals surface area contributed by atoms with E-state index < -0.39 is 10.1 Å². The molecule has 1 fully saturated rings. The molecule has 0 aromatic carbocycles. The van der Waals surface area contributed by atoms with E-state index in [1.807, 2.05) is 0 Å². The second-order valence-corrected chi connectivity index (χ2v) is 3.96. The molecule has 0 aromatic rings. The van der Waals surface area contributed by atoms with Crippen molar-refractivity contribution in [3.05, 3.63) is 0 Å². The molecule has 62 valence electrons. The van der Waals surface area contributed by atoms with Gasteiger partial charge in [0.1, 0.15) is 0 Å². The van der Waals surface area contributed by atoms with Crippen molar-refractivity contribution in [3.63, 3.8) is 0 Å². The Bertz CT molecular complexity index is 159. The van der Waals surface area contributed by atoms with Crippen molar-refractivity contribution in [3.8, 4) is 0 Å². The molecule has 0 spiro atoms. The van der Waals surface area contributed by atoms with E-state index in [1.165, 1.54) is 19.3 Å². The van der Waals surface area contributed by atoms with Crippen LogP contribution in [0.4, 0.5) is 0 Å². The predicted octanol–water partition coefficient (Wildman–Crippen LogP) is 0.968. The summed E-state index contributed by atoms with van der Waals surface area (Å²) in [4.78, 5) is 0. The van der Waals surface area contributed by atoms with Gasteiger partial charge in [-0.05, 0) is 5.92 Å². The van der Waals surface area contributed by atoms with Crippen LogP contribution in [0.25, 0.3) is 0 Å². The summed E-state index contributed by atoms with van der Waals surface area (Å²) in [5, 5.41) is 0. The minimum atomic E-state index is -3.92. The molecule has 0 atom stereocenters. The van der Waals surface area contributed by atoms with Crippen molar-refractivity contribution >= 4 is 10.1 Å². The van der Waals surface area contributed by atoms with Crippen LogP contribution >= 0.6 is 0 Å². The summed E-state index contributed by atoms with van der Waals surface area (Å²) in [6.45, 7) is 2.26. The Morgan fingerprint density at radius 3 is 1.80 bits per heavy atom. The normalized spacial score (nSPS) is 17.5. The molecule has 1 rings (SSSR count). The van der Waals surface area contributed by atoms with Gasteiger partial charge in [-0.2, -0.15) is 0 Å². The van der Waals surface area contributed by atoms with Crippen LogP contribution in [-0.2, 0) is 10.1 Å². The Morgan fingerprint density at radius 2 is 1.80 bits per heavy atom. The van der Waals surface area contributed by atoms with Gasteiger partial charge >= 0.3 is 0 Å². The van der Waals surface area contributed by atoms with Crippen molar-refractivity contribution in [2.45, 2.75) is 26.2 Å². The second-order valence-electron chi connectivity index (χ2n) is 2.56. The summed E-state index contributed by atoms with van der Waals surface area (Å²) >= 11 is 0. The smallest absolute Gasteiger partial charge is 0.0916 e. The highest BCUT2D eigenvalue weighted by Crippen LogP contribution is 2.31. The molecule has 0 aliphatic heterocycles. The third-order valence-electron chi connectivity index (χ3n) is 1.27. The van der Waals surface area contributed by atoms with Crippen molar-refractivity contribution in [1.82, 2.24) is 0 Å². The summed E-state index contributed by atoms with van der Waals surface area (Å²) in [5.74, 6) is 1.13. The standard InChI is InChI=1S/C5H10.CH4O3S/c1-2-5-3-4-5;1-5(2,3)4/h5H,2-4H2,1H3;1H3,(H,2,3,4)/p-1. The molecule has 1 aliphatic rings. The van der Waals surface area contributed by atoms with Crippen LogP contribution in [0.3, 0.4) is 0 Å². The molecule has 0 radical (unpaired) electrons. The van der Waals surface area contributed by atoms with Crippen LogP contribution in [0, 0.1) is 5.92 Å². The molecule has 3 nitrogen and oxygen atoms in total. The molecular weight excluding hydrogens is 152 g/mol. The zero-order valence-electron chi connectivity index (χ0n) is 6.33. The highest BCUT2D eigenvalue weighted by atomic mass is 32.2. The van der Waals surface area contributed by atoms with Gasteiger partial charge in [-0.3, -0.25) is 0 Å². The van der Waals surface area contributed by atoms with Gasteiger partial charge in [0.05, 0.1) is 10.1 Å². The first-order valence-corrected chi connectivity index (χ1v) is 5.16. The summed E-state index contributed by atoms with van der Waals surface area (Å²) in [5.41, 5.74) is 0. The number of hydrogen-bond acceptors (Lipinski definition) is 3. The van der Waals surface area contributed by atoms with Gasteiger partial charge in [0, 0.05) is 6.26 Å². The second kappa shape index (κ2) is 3.93. The molecule has 0 heterocycles. The van der Waals surface area contributed by atoms with Crippen LogP contribution in [0.5, 0.6) is 0 Å². The van der Waals surface area contributed by atoms with Gasteiger partial charge in [0.25, 0.3) is 0 Å². The van der Waals surface area contributed by atoms with E-state index in [1.54, 1.807) is 0 Å². The molecule has 1 aliphatic carbocycles. The Kier molecular flexibility index (Phi) is 3.89. The lowest BCUT2D eigenvalue weighted by atomic mass is 10.3. The quantitative estimate of drug-likeness (QED) is 0.544. The predicted molar refractivity (Wildman–Crippen MR) is 38.6 cm³/mol. The minimum absolute atomic E-state index is 0.604. The minimum Gasteiger partial charge on any atom is -0.748 e. The molecular formula is C6H13O3S-. The SMILES string of the molecule is CCC1CC1.CS(=O)(=O)[O-]. The molecule has 0 unspecified atom stereocenters. The summed E-state index contributed by atoms with van der Waals surface area (Å²) in [6.07, 6.45) is 5.04. The van der Waals surface area contributed by atoms with Gasteiger partial charge < -0.3 is 4.55 Å². The average Bonchev–Trinajstić information content (AvgIpc) is 2.39. The number of rotatable bonds is 1. The monoisotopic (exact) mass is 165 g/mol. The lowest BCUT2D eigenvalue weighted by molar-refractivity contribution is 0.470. The lowest BCUT2D eigenvalue weighted by Crippen LogP contribution is -1.88. The van der Waals surface area contributed by atoms with Crippen LogP contribution in [0.15, 0.2) is 0 Å². The largest absolute Gasteiger partial charge is 0.748 e. The highest BCUT2D eigenvalue weighted by molar-refractivity contribution is 7.84. The van der Waals surface area contributed by atoms with Gasteiger partial charge in [-0.15, -0.1) is 0 Å². The topological polar surface area (TPSA) is 57.2 Å². The summed E-state index contributed by atoms with van der Waals surface area (Å²) < 4.78 is 27.2. The fourth-order valence-corrected chi connectivity index (χ4v) is 0.526. The van der Waals surface area contributed by atoms with Crippen LogP contribution < -0.4 is 0 Å². The van der Waals surface area contributed by atoms with E-state index in [2.05, 4.69) is 6.92 Å². The van der Waals surface area contributed by atoms with E-state index in [0.717, 1.165) is 5.92 Å². The Morgan fingerprint density at radius 1 is 1.50 bits per heavy atom. The first-order valence-electron chi connectivity index (χ1n) is 3.34. The van der Waals surface area contributed by atoms with E-state index in [-0.39, 0.29) is 0 Å². The highest BCUT2D eigenvalue weighted by Gasteiger charge is 2.17. The van der Waals surface area contributed by atoms with E-state index in [0.29, 0.717) is 6.26 Å². The molecule has 0 aromatic heterocycles. The fourth-order valence-electron chi connectivity index (χ4n) is 0.526. The van der Waals surface area contributed by atoms with Crippen LogP contribution in [-0.4, -0.2) is 19.2 Å². The van der Waals surface area contributed by atoms with Crippen molar-refractivity contribution in [2.75, 3.05) is 6.26 Å². The summed E-state index contributed by atoms with van der Waals surface area (Å²) in [7, 11) is -3.92. The first kappa shape index (κ1) is 9.91. The number of hydrogen-bond donors (Lipinski definition) is 0.